The first-order valence-electron chi connectivity index (χ1n) is 9.09. The van der Waals surface area contributed by atoms with Gasteiger partial charge in [0.2, 0.25) is 0 Å². The predicted octanol–water partition coefficient (Wildman–Crippen LogP) is 3.20. The minimum absolute atomic E-state index is 0.101. The van der Waals surface area contributed by atoms with E-state index in [1.165, 1.54) is 4.90 Å². The standard InChI is InChI=1S/C20H27N3O2S2/c1-2-21-20(23-15-16-26-18-10-5-3-6-11-18)22-14-9-17-27(24,25)19-12-7-4-8-13-19/h3-8,10-13H,2,9,14-17H2,1H3,(H2,21,22,23). The molecule has 0 saturated carbocycles. The normalized spacial score (nSPS) is 12.0. The van der Waals surface area contributed by atoms with Crippen molar-refractivity contribution in [2.24, 2.45) is 4.99 Å². The van der Waals surface area contributed by atoms with Gasteiger partial charge in [0, 0.05) is 30.3 Å². The van der Waals surface area contributed by atoms with Crippen molar-refractivity contribution in [3.05, 3.63) is 60.7 Å². The number of thioether (sulfide) groups is 1. The third-order valence-corrected chi connectivity index (χ3v) is 6.52. The number of nitrogens with zero attached hydrogens (tertiary/aromatic N) is 1. The molecule has 0 aliphatic heterocycles. The Morgan fingerprint density at radius 3 is 2.33 bits per heavy atom. The Kier molecular flexibility index (Phi) is 9.21. The van der Waals surface area contributed by atoms with E-state index in [1.54, 1.807) is 36.0 Å². The average Bonchev–Trinajstić information content (AvgIpc) is 2.70. The van der Waals surface area contributed by atoms with Gasteiger partial charge < -0.3 is 10.6 Å². The molecule has 0 aliphatic carbocycles. The van der Waals surface area contributed by atoms with Crippen LogP contribution in [-0.2, 0) is 9.84 Å². The van der Waals surface area contributed by atoms with Crippen LogP contribution >= 0.6 is 11.8 Å². The summed E-state index contributed by atoms with van der Waals surface area (Å²) in [5, 5.41) is 6.48. The van der Waals surface area contributed by atoms with E-state index in [9.17, 15) is 8.42 Å². The highest BCUT2D eigenvalue weighted by Crippen LogP contribution is 2.15. The second kappa shape index (κ2) is 11.7. The van der Waals surface area contributed by atoms with Crippen LogP contribution in [0.25, 0.3) is 0 Å². The van der Waals surface area contributed by atoms with Crippen molar-refractivity contribution < 1.29 is 8.42 Å². The van der Waals surface area contributed by atoms with Crippen LogP contribution in [0, 0.1) is 0 Å². The highest BCUT2D eigenvalue weighted by Gasteiger charge is 2.12. The van der Waals surface area contributed by atoms with Gasteiger partial charge in [-0.15, -0.1) is 11.8 Å². The number of guanidine groups is 1. The molecule has 0 heterocycles. The zero-order valence-corrected chi connectivity index (χ0v) is 17.2. The molecule has 7 heteroatoms. The maximum absolute atomic E-state index is 12.3. The number of hydrogen-bond acceptors (Lipinski definition) is 4. The fourth-order valence-corrected chi connectivity index (χ4v) is 4.49. The monoisotopic (exact) mass is 405 g/mol. The lowest BCUT2D eigenvalue weighted by Gasteiger charge is -2.11. The largest absolute Gasteiger partial charge is 0.357 e. The molecule has 2 aromatic rings. The molecule has 0 bridgehead atoms. The quantitative estimate of drug-likeness (QED) is 0.275. The molecule has 0 aliphatic rings. The van der Waals surface area contributed by atoms with Crippen molar-refractivity contribution >= 4 is 27.6 Å². The van der Waals surface area contributed by atoms with Crippen molar-refractivity contribution in [3.8, 4) is 0 Å². The predicted molar refractivity (Wildman–Crippen MR) is 114 cm³/mol. The van der Waals surface area contributed by atoms with E-state index in [4.69, 9.17) is 0 Å². The molecule has 27 heavy (non-hydrogen) atoms. The summed E-state index contributed by atoms with van der Waals surface area (Å²) in [6.07, 6.45) is 0.493. The molecule has 0 radical (unpaired) electrons. The maximum atomic E-state index is 12.3. The van der Waals surface area contributed by atoms with Gasteiger partial charge in [-0.1, -0.05) is 36.4 Å². The summed E-state index contributed by atoms with van der Waals surface area (Å²) < 4.78 is 24.5. The third-order valence-electron chi connectivity index (χ3n) is 3.69. The summed E-state index contributed by atoms with van der Waals surface area (Å²) in [6, 6.07) is 18.8. The lowest BCUT2D eigenvalue weighted by Crippen LogP contribution is -2.38. The van der Waals surface area contributed by atoms with Crippen LogP contribution in [-0.4, -0.2) is 45.5 Å². The Balaban J connectivity index is 1.74. The molecule has 2 rings (SSSR count). The van der Waals surface area contributed by atoms with Crippen LogP contribution in [0.4, 0.5) is 0 Å². The minimum Gasteiger partial charge on any atom is -0.357 e. The lowest BCUT2D eigenvalue weighted by atomic mass is 10.4. The fourth-order valence-electron chi connectivity index (χ4n) is 2.39. The van der Waals surface area contributed by atoms with E-state index in [0.717, 1.165) is 24.8 Å². The molecule has 5 nitrogen and oxygen atoms in total. The van der Waals surface area contributed by atoms with E-state index in [0.29, 0.717) is 17.9 Å². The van der Waals surface area contributed by atoms with Gasteiger partial charge in [-0.25, -0.2) is 8.42 Å². The van der Waals surface area contributed by atoms with E-state index >= 15 is 0 Å². The zero-order chi connectivity index (χ0) is 19.4. The Hall–Kier alpha value is -1.99. The molecule has 0 fully saturated rings. The fraction of sp³-hybridized carbons (Fsp3) is 0.350. The van der Waals surface area contributed by atoms with Crippen LogP contribution in [0.1, 0.15) is 13.3 Å². The van der Waals surface area contributed by atoms with Crippen LogP contribution in [0.5, 0.6) is 0 Å². The van der Waals surface area contributed by atoms with Gasteiger partial charge >= 0.3 is 0 Å². The summed E-state index contributed by atoms with van der Waals surface area (Å²) in [6.45, 7) is 4.02. The Morgan fingerprint density at radius 2 is 1.67 bits per heavy atom. The van der Waals surface area contributed by atoms with Gasteiger partial charge in [0.25, 0.3) is 0 Å². The molecular formula is C20H27N3O2S2. The number of hydrogen-bond donors (Lipinski definition) is 2. The van der Waals surface area contributed by atoms with Crippen LogP contribution < -0.4 is 10.6 Å². The van der Waals surface area contributed by atoms with Gasteiger partial charge in [0.1, 0.15) is 0 Å². The van der Waals surface area contributed by atoms with Crippen molar-refractivity contribution in [2.45, 2.75) is 23.1 Å². The third kappa shape index (κ3) is 8.05. The van der Waals surface area contributed by atoms with Crippen molar-refractivity contribution in [2.75, 3.05) is 31.1 Å². The Morgan fingerprint density at radius 1 is 1.00 bits per heavy atom. The first-order chi connectivity index (χ1) is 13.1. The molecule has 0 unspecified atom stereocenters. The first kappa shape index (κ1) is 21.3. The highest BCUT2D eigenvalue weighted by molar-refractivity contribution is 7.99. The number of sulfone groups is 1. The number of benzene rings is 2. The topological polar surface area (TPSA) is 70.6 Å². The van der Waals surface area contributed by atoms with Gasteiger partial charge in [-0.3, -0.25) is 4.99 Å². The van der Waals surface area contributed by atoms with Gasteiger partial charge in [0.15, 0.2) is 15.8 Å². The van der Waals surface area contributed by atoms with Gasteiger partial charge in [-0.05, 0) is 37.6 Å². The lowest BCUT2D eigenvalue weighted by molar-refractivity contribution is 0.593. The summed E-state index contributed by atoms with van der Waals surface area (Å²) in [5.41, 5.74) is 0. The molecule has 0 spiro atoms. The molecule has 2 N–H and O–H groups in total. The van der Waals surface area contributed by atoms with Gasteiger partial charge in [0.05, 0.1) is 10.6 Å². The SMILES string of the molecule is CCNC(=NCCCS(=O)(=O)c1ccccc1)NCCSc1ccccc1. The number of nitrogens with one attached hydrogen (secondary N) is 2. The van der Waals surface area contributed by atoms with Crippen LogP contribution in [0.15, 0.2) is 75.4 Å². The molecule has 146 valence electrons. The van der Waals surface area contributed by atoms with Crippen molar-refractivity contribution in [1.82, 2.24) is 10.6 Å². The highest BCUT2D eigenvalue weighted by atomic mass is 32.2. The molecule has 0 atom stereocenters. The minimum atomic E-state index is -3.24. The summed E-state index contributed by atoms with van der Waals surface area (Å²) in [7, 11) is -3.24. The molecule has 0 amide bonds. The second-order valence-electron chi connectivity index (χ2n) is 5.83. The molecule has 0 aromatic heterocycles. The summed E-state index contributed by atoms with van der Waals surface area (Å²) >= 11 is 1.79. The Labute approximate surface area is 166 Å². The average molecular weight is 406 g/mol. The first-order valence-corrected chi connectivity index (χ1v) is 11.7. The molecular weight excluding hydrogens is 378 g/mol. The summed E-state index contributed by atoms with van der Waals surface area (Å²) in [4.78, 5) is 6.09. The maximum Gasteiger partial charge on any atom is 0.191 e. The zero-order valence-electron chi connectivity index (χ0n) is 15.6. The van der Waals surface area contributed by atoms with Crippen LogP contribution in [0.2, 0.25) is 0 Å². The summed E-state index contributed by atoms with van der Waals surface area (Å²) in [5.74, 6) is 1.75. The second-order valence-corrected chi connectivity index (χ2v) is 9.11. The van der Waals surface area contributed by atoms with Crippen molar-refractivity contribution in [1.29, 1.82) is 0 Å². The smallest absolute Gasteiger partial charge is 0.191 e. The van der Waals surface area contributed by atoms with E-state index in [1.807, 2.05) is 31.2 Å². The molecule has 0 saturated heterocycles. The van der Waals surface area contributed by atoms with E-state index in [2.05, 4.69) is 27.8 Å². The molecule has 2 aromatic carbocycles. The van der Waals surface area contributed by atoms with Gasteiger partial charge in [-0.2, -0.15) is 0 Å². The van der Waals surface area contributed by atoms with Crippen molar-refractivity contribution in [3.63, 3.8) is 0 Å². The van der Waals surface area contributed by atoms with E-state index in [-0.39, 0.29) is 5.75 Å². The number of rotatable bonds is 10. The number of aliphatic imine (C=N–C) groups is 1. The Bertz CT molecular complexity index is 794. The van der Waals surface area contributed by atoms with Crippen LogP contribution in [0.3, 0.4) is 0 Å². The van der Waals surface area contributed by atoms with E-state index < -0.39 is 9.84 Å².